The Hall–Kier alpha value is -0.380. The zero-order valence-electron chi connectivity index (χ0n) is 7.12. The molecule has 66 valence electrons. The second-order valence-corrected chi connectivity index (χ2v) is 4.25. The molecule has 1 aliphatic rings. The molecule has 1 fully saturated rings. The zero-order valence-corrected chi connectivity index (χ0v) is 7.94. The maximum Gasteiger partial charge on any atom is 0.0273 e. The molecule has 0 amide bonds. The molecule has 2 rings (SSSR count). The van der Waals surface area contributed by atoms with Crippen molar-refractivity contribution in [2.75, 3.05) is 13.1 Å². The lowest BCUT2D eigenvalue weighted by Crippen LogP contribution is -2.36. The maximum atomic E-state index is 5.54. The van der Waals surface area contributed by atoms with Gasteiger partial charge in [0.1, 0.15) is 0 Å². The van der Waals surface area contributed by atoms with E-state index >= 15 is 0 Å². The molecule has 12 heavy (non-hydrogen) atoms. The first-order chi connectivity index (χ1) is 5.88. The van der Waals surface area contributed by atoms with E-state index < -0.39 is 0 Å². The maximum absolute atomic E-state index is 5.54. The van der Waals surface area contributed by atoms with Crippen molar-refractivity contribution in [3.05, 3.63) is 21.9 Å². The van der Waals surface area contributed by atoms with Gasteiger partial charge in [0, 0.05) is 18.0 Å². The summed E-state index contributed by atoms with van der Waals surface area (Å²) in [7, 11) is 0. The van der Waals surface area contributed by atoms with Crippen molar-refractivity contribution in [3.8, 4) is 0 Å². The second-order valence-electron chi connectivity index (χ2n) is 3.26. The molecule has 0 unspecified atom stereocenters. The molecule has 0 saturated carbocycles. The molecule has 0 aromatic carbocycles. The predicted octanol–water partition coefficient (Wildman–Crippen LogP) is 1.41. The van der Waals surface area contributed by atoms with E-state index in [4.69, 9.17) is 5.73 Å². The molecule has 1 saturated heterocycles. The first-order valence-corrected chi connectivity index (χ1v) is 5.25. The van der Waals surface area contributed by atoms with Crippen LogP contribution in [0.5, 0.6) is 0 Å². The van der Waals surface area contributed by atoms with E-state index in [2.05, 4.69) is 16.3 Å². The fourth-order valence-electron chi connectivity index (χ4n) is 1.41. The molecule has 0 radical (unpaired) electrons. The van der Waals surface area contributed by atoms with Gasteiger partial charge in [-0.3, -0.25) is 4.90 Å². The van der Waals surface area contributed by atoms with Crippen LogP contribution in [0.25, 0.3) is 0 Å². The van der Waals surface area contributed by atoms with Crippen molar-refractivity contribution < 1.29 is 0 Å². The number of hydrogen-bond donors (Lipinski definition) is 1. The number of nitrogens with zero attached hydrogens (tertiary/aromatic N) is 1. The molecule has 0 aliphatic carbocycles. The van der Waals surface area contributed by atoms with E-state index in [1.54, 1.807) is 11.3 Å². The average molecular weight is 182 g/mol. The Morgan fingerprint density at radius 3 is 2.83 bits per heavy atom. The molecule has 1 aromatic heterocycles. The molecule has 1 aliphatic heterocycles. The molecule has 3 heteroatoms. The summed E-state index contributed by atoms with van der Waals surface area (Å²) in [6.07, 6.45) is 1.37. The quantitative estimate of drug-likeness (QED) is 0.766. The average Bonchev–Trinajstić information content (AvgIpc) is 2.44. The molecule has 0 bridgehead atoms. The number of hydrogen-bond acceptors (Lipinski definition) is 3. The van der Waals surface area contributed by atoms with Gasteiger partial charge in [-0.1, -0.05) is 0 Å². The van der Waals surface area contributed by atoms with E-state index in [0.29, 0.717) is 6.54 Å². The minimum Gasteiger partial charge on any atom is -0.326 e. The summed E-state index contributed by atoms with van der Waals surface area (Å²) in [6, 6.07) is 2.23. The van der Waals surface area contributed by atoms with Crippen molar-refractivity contribution in [2.45, 2.75) is 19.5 Å². The fraction of sp³-hybridized carbons (Fsp3) is 0.556. The van der Waals surface area contributed by atoms with Crippen LogP contribution in [0.2, 0.25) is 0 Å². The Labute approximate surface area is 77.0 Å². The van der Waals surface area contributed by atoms with E-state index in [0.717, 1.165) is 6.54 Å². The van der Waals surface area contributed by atoms with Gasteiger partial charge in [-0.05, 0) is 36.5 Å². The van der Waals surface area contributed by atoms with Crippen LogP contribution in [-0.4, -0.2) is 18.0 Å². The van der Waals surface area contributed by atoms with Gasteiger partial charge in [-0.25, -0.2) is 0 Å². The lowest BCUT2D eigenvalue weighted by atomic mass is 10.2. The van der Waals surface area contributed by atoms with Crippen LogP contribution < -0.4 is 5.73 Å². The standard InChI is InChI=1S/C9H14N2S/c10-5-9-4-8(7-12-9)6-11-2-1-3-11/h4,7H,1-3,5-6,10H2. The minimum atomic E-state index is 0.685. The summed E-state index contributed by atoms with van der Waals surface area (Å²) in [4.78, 5) is 3.76. The topological polar surface area (TPSA) is 29.3 Å². The van der Waals surface area contributed by atoms with Gasteiger partial charge < -0.3 is 5.73 Å². The SMILES string of the molecule is NCc1cc(CN2CCC2)cs1. The Kier molecular flexibility index (Phi) is 2.44. The summed E-state index contributed by atoms with van der Waals surface area (Å²) in [5.41, 5.74) is 6.97. The van der Waals surface area contributed by atoms with Gasteiger partial charge in [0.05, 0.1) is 0 Å². The van der Waals surface area contributed by atoms with Crippen molar-refractivity contribution in [2.24, 2.45) is 5.73 Å². The van der Waals surface area contributed by atoms with E-state index in [1.165, 1.54) is 30.0 Å². The normalized spacial score (nSPS) is 17.8. The van der Waals surface area contributed by atoms with Crippen molar-refractivity contribution in [1.82, 2.24) is 4.90 Å². The first-order valence-electron chi connectivity index (χ1n) is 4.37. The highest BCUT2D eigenvalue weighted by Gasteiger charge is 2.13. The Morgan fingerprint density at radius 1 is 1.50 bits per heavy atom. The predicted molar refractivity (Wildman–Crippen MR) is 52.1 cm³/mol. The highest BCUT2D eigenvalue weighted by Crippen LogP contribution is 2.18. The molecule has 2 heterocycles. The fourth-order valence-corrected chi connectivity index (χ4v) is 2.18. The second kappa shape index (κ2) is 3.56. The summed E-state index contributed by atoms with van der Waals surface area (Å²) < 4.78 is 0. The molecule has 2 nitrogen and oxygen atoms in total. The molecule has 1 aromatic rings. The Bertz CT molecular complexity index is 253. The van der Waals surface area contributed by atoms with E-state index in [9.17, 15) is 0 Å². The number of rotatable bonds is 3. The largest absolute Gasteiger partial charge is 0.326 e. The lowest BCUT2D eigenvalue weighted by molar-refractivity contribution is 0.173. The van der Waals surface area contributed by atoms with Gasteiger partial charge in [0.25, 0.3) is 0 Å². The lowest BCUT2D eigenvalue weighted by Gasteiger charge is -2.30. The van der Waals surface area contributed by atoms with Crippen molar-refractivity contribution in [1.29, 1.82) is 0 Å². The van der Waals surface area contributed by atoms with Gasteiger partial charge >= 0.3 is 0 Å². The van der Waals surface area contributed by atoms with Crippen LogP contribution in [-0.2, 0) is 13.1 Å². The zero-order chi connectivity index (χ0) is 8.39. The molecular weight excluding hydrogens is 168 g/mol. The third-order valence-corrected chi connectivity index (χ3v) is 3.27. The summed E-state index contributed by atoms with van der Waals surface area (Å²) in [5, 5.41) is 2.22. The van der Waals surface area contributed by atoms with Crippen LogP contribution >= 0.6 is 11.3 Å². The first kappa shape index (κ1) is 8.23. The summed E-state index contributed by atoms with van der Waals surface area (Å²) >= 11 is 1.77. The molecule has 0 spiro atoms. The van der Waals surface area contributed by atoms with E-state index in [-0.39, 0.29) is 0 Å². The van der Waals surface area contributed by atoms with Crippen LogP contribution in [0.15, 0.2) is 11.4 Å². The van der Waals surface area contributed by atoms with Gasteiger partial charge in [-0.15, -0.1) is 11.3 Å². The third-order valence-electron chi connectivity index (χ3n) is 2.26. The molecule has 2 N–H and O–H groups in total. The highest BCUT2D eigenvalue weighted by atomic mass is 32.1. The molecular formula is C9H14N2S. The highest BCUT2D eigenvalue weighted by molar-refractivity contribution is 7.10. The van der Waals surface area contributed by atoms with Gasteiger partial charge in [0.2, 0.25) is 0 Å². The van der Waals surface area contributed by atoms with Crippen LogP contribution in [0.3, 0.4) is 0 Å². The van der Waals surface area contributed by atoms with Crippen molar-refractivity contribution in [3.63, 3.8) is 0 Å². The minimum absolute atomic E-state index is 0.685. The smallest absolute Gasteiger partial charge is 0.0273 e. The Morgan fingerprint density at radius 2 is 2.33 bits per heavy atom. The van der Waals surface area contributed by atoms with Gasteiger partial charge in [-0.2, -0.15) is 0 Å². The monoisotopic (exact) mass is 182 g/mol. The Balaban J connectivity index is 1.93. The number of nitrogens with two attached hydrogens (primary N) is 1. The van der Waals surface area contributed by atoms with Crippen LogP contribution in [0, 0.1) is 0 Å². The molecule has 0 atom stereocenters. The number of thiophene rings is 1. The summed E-state index contributed by atoms with van der Waals surface area (Å²) in [6.45, 7) is 4.35. The van der Waals surface area contributed by atoms with Crippen LogP contribution in [0.4, 0.5) is 0 Å². The number of likely N-dealkylation sites (tertiary alicyclic amines) is 1. The van der Waals surface area contributed by atoms with E-state index in [1.807, 2.05) is 0 Å². The van der Waals surface area contributed by atoms with Gasteiger partial charge in [0.15, 0.2) is 0 Å². The van der Waals surface area contributed by atoms with Crippen molar-refractivity contribution >= 4 is 11.3 Å². The summed E-state index contributed by atoms with van der Waals surface area (Å²) in [5.74, 6) is 0. The third kappa shape index (κ3) is 1.68. The van der Waals surface area contributed by atoms with Crippen LogP contribution in [0.1, 0.15) is 16.9 Å².